The first-order valence-electron chi connectivity index (χ1n) is 9.02. The molecule has 0 saturated heterocycles. The number of rotatable bonds is 6. The van der Waals surface area contributed by atoms with Crippen LogP contribution >= 0.6 is 27.3 Å². The van der Waals surface area contributed by atoms with E-state index in [-0.39, 0.29) is 18.5 Å². The monoisotopic (exact) mass is 506 g/mol. The molecule has 0 saturated carbocycles. The highest BCUT2D eigenvalue weighted by Crippen LogP contribution is 2.32. The first-order valence-corrected chi connectivity index (χ1v) is 10.7. The van der Waals surface area contributed by atoms with Crippen LogP contribution in [0.4, 0.5) is 18.0 Å². The number of thiophene rings is 1. The first-order chi connectivity index (χ1) is 13.8. The molecule has 1 aromatic heterocycles. The standard InChI is InChI=1S/C20H22BrF3N2O3S/c1-19(2,3)29-18(28)25-10-14(26-17(27)16-9-13(21)11-30-16)8-12-6-4-5-7-15(12)20(22,23)24/h4-7,9,11,14H,8,10H2,1-3H3,(H,25,28)(H,26,27)/t14-/m0/s1. The fraction of sp³-hybridized carbons (Fsp3) is 0.400. The maximum absolute atomic E-state index is 13.3. The SMILES string of the molecule is CC(C)(C)OC(=O)NC[C@H](Cc1ccccc1C(F)(F)F)NC(=O)c1cc(Br)cs1. The van der Waals surface area contributed by atoms with Crippen LogP contribution < -0.4 is 10.6 Å². The molecule has 0 aliphatic carbocycles. The Morgan fingerprint density at radius 1 is 1.20 bits per heavy atom. The summed E-state index contributed by atoms with van der Waals surface area (Å²) in [6, 6.07) is 5.99. The summed E-state index contributed by atoms with van der Waals surface area (Å²) in [4.78, 5) is 24.9. The number of carbonyl (C=O) groups is 2. The highest BCUT2D eigenvalue weighted by atomic mass is 79.9. The van der Waals surface area contributed by atoms with E-state index in [2.05, 4.69) is 26.6 Å². The molecule has 2 N–H and O–H groups in total. The molecule has 0 fully saturated rings. The molecule has 1 heterocycles. The van der Waals surface area contributed by atoms with Gasteiger partial charge in [-0.15, -0.1) is 11.3 Å². The van der Waals surface area contributed by atoms with Gasteiger partial charge >= 0.3 is 12.3 Å². The van der Waals surface area contributed by atoms with E-state index in [9.17, 15) is 22.8 Å². The smallest absolute Gasteiger partial charge is 0.416 e. The molecule has 2 rings (SSSR count). The van der Waals surface area contributed by atoms with Gasteiger partial charge in [0.1, 0.15) is 5.60 Å². The average molecular weight is 507 g/mol. The van der Waals surface area contributed by atoms with Crippen LogP contribution in [-0.4, -0.2) is 30.2 Å². The number of alkyl carbamates (subject to hydrolysis) is 1. The van der Waals surface area contributed by atoms with Crippen molar-refractivity contribution >= 4 is 39.3 Å². The van der Waals surface area contributed by atoms with Gasteiger partial charge in [-0.2, -0.15) is 13.2 Å². The number of hydrogen-bond donors (Lipinski definition) is 2. The van der Waals surface area contributed by atoms with E-state index in [1.54, 1.807) is 32.2 Å². The number of carbonyl (C=O) groups excluding carboxylic acids is 2. The average Bonchev–Trinajstić information content (AvgIpc) is 3.04. The molecule has 1 aromatic carbocycles. The Hall–Kier alpha value is -2.07. The van der Waals surface area contributed by atoms with E-state index in [4.69, 9.17) is 4.74 Å². The maximum atomic E-state index is 13.3. The van der Waals surface area contributed by atoms with Crippen LogP contribution in [0, 0.1) is 0 Å². The van der Waals surface area contributed by atoms with Gasteiger partial charge in [0.2, 0.25) is 0 Å². The Kier molecular flexibility index (Phi) is 7.93. The molecule has 2 amide bonds. The third kappa shape index (κ3) is 7.64. The van der Waals surface area contributed by atoms with E-state index in [0.717, 1.165) is 10.5 Å². The summed E-state index contributed by atoms with van der Waals surface area (Å²) in [5.74, 6) is -0.439. The molecule has 2 aromatic rings. The zero-order valence-electron chi connectivity index (χ0n) is 16.6. The number of amides is 2. The van der Waals surface area contributed by atoms with Crippen LogP contribution in [-0.2, 0) is 17.3 Å². The van der Waals surface area contributed by atoms with Crippen LogP contribution in [0.25, 0.3) is 0 Å². The molecule has 0 radical (unpaired) electrons. The summed E-state index contributed by atoms with van der Waals surface area (Å²) in [6.07, 6.45) is -5.36. The second-order valence-electron chi connectivity index (χ2n) is 7.54. The molecule has 1 atom stereocenters. The molecule has 10 heteroatoms. The molecule has 0 unspecified atom stereocenters. The highest BCUT2D eigenvalue weighted by molar-refractivity contribution is 9.10. The number of alkyl halides is 3. The van der Waals surface area contributed by atoms with Crippen molar-refractivity contribution in [3.05, 3.63) is 56.2 Å². The summed E-state index contributed by atoms with van der Waals surface area (Å²) in [5, 5.41) is 6.95. The van der Waals surface area contributed by atoms with Crippen molar-refractivity contribution in [3.8, 4) is 0 Å². The van der Waals surface area contributed by atoms with Crippen molar-refractivity contribution in [3.63, 3.8) is 0 Å². The molecule has 0 aliphatic heterocycles. The summed E-state index contributed by atoms with van der Waals surface area (Å²) in [7, 11) is 0. The van der Waals surface area contributed by atoms with Gasteiger partial charge in [-0.3, -0.25) is 4.79 Å². The molecule has 0 spiro atoms. The lowest BCUT2D eigenvalue weighted by Crippen LogP contribution is -2.46. The van der Waals surface area contributed by atoms with Crippen LogP contribution in [0.5, 0.6) is 0 Å². The second kappa shape index (κ2) is 9.82. The van der Waals surface area contributed by atoms with Crippen molar-refractivity contribution in [1.82, 2.24) is 10.6 Å². The number of nitrogens with one attached hydrogen (secondary N) is 2. The minimum atomic E-state index is -4.53. The lowest BCUT2D eigenvalue weighted by Gasteiger charge is -2.23. The molecule has 0 aliphatic rings. The maximum Gasteiger partial charge on any atom is 0.416 e. The second-order valence-corrected chi connectivity index (χ2v) is 9.37. The van der Waals surface area contributed by atoms with E-state index < -0.39 is 35.4 Å². The zero-order chi connectivity index (χ0) is 22.5. The van der Waals surface area contributed by atoms with Gasteiger partial charge in [-0.25, -0.2) is 4.79 Å². The zero-order valence-corrected chi connectivity index (χ0v) is 19.0. The van der Waals surface area contributed by atoms with Crippen molar-refractivity contribution in [2.24, 2.45) is 0 Å². The van der Waals surface area contributed by atoms with Crippen LogP contribution in [0.3, 0.4) is 0 Å². The van der Waals surface area contributed by atoms with Gasteiger partial charge in [0.15, 0.2) is 0 Å². The fourth-order valence-corrected chi connectivity index (χ4v) is 3.95. The number of halogens is 4. The van der Waals surface area contributed by atoms with Gasteiger partial charge < -0.3 is 15.4 Å². The molecular formula is C20H22BrF3N2O3S. The minimum absolute atomic E-state index is 0.0219. The first kappa shape index (κ1) is 24.2. The van der Waals surface area contributed by atoms with Gasteiger partial charge in [0.05, 0.1) is 16.5 Å². The van der Waals surface area contributed by atoms with Crippen molar-refractivity contribution < 1.29 is 27.5 Å². The normalized spacial score (nSPS) is 12.9. The van der Waals surface area contributed by atoms with E-state index in [1.165, 1.54) is 29.5 Å². The third-order valence-corrected chi connectivity index (χ3v) is 5.50. The Bertz CT molecular complexity index is 894. The predicted molar refractivity (Wildman–Crippen MR) is 113 cm³/mol. The summed E-state index contributed by atoms with van der Waals surface area (Å²) >= 11 is 4.46. The quantitative estimate of drug-likeness (QED) is 0.551. The summed E-state index contributed by atoms with van der Waals surface area (Å²) < 4.78 is 45.9. The minimum Gasteiger partial charge on any atom is -0.444 e. The van der Waals surface area contributed by atoms with E-state index in [0.29, 0.717) is 4.88 Å². The van der Waals surface area contributed by atoms with Gasteiger partial charge in [-0.05, 0) is 60.8 Å². The number of hydrogen-bond acceptors (Lipinski definition) is 4. The van der Waals surface area contributed by atoms with E-state index >= 15 is 0 Å². The Labute approximate surface area is 185 Å². The van der Waals surface area contributed by atoms with Gasteiger partial charge in [0.25, 0.3) is 5.91 Å². The molecule has 0 bridgehead atoms. The highest BCUT2D eigenvalue weighted by Gasteiger charge is 2.33. The van der Waals surface area contributed by atoms with Crippen molar-refractivity contribution in [2.75, 3.05) is 6.54 Å². The topological polar surface area (TPSA) is 67.4 Å². The van der Waals surface area contributed by atoms with Crippen molar-refractivity contribution in [2.45, 2.75) is 45.0 Å². The van der Waals surface area contributed by atoms with Crippen LogP contribution in [0.1, 0.15) is 41.6 Å². The Balaban J connectivity index is 2.19. The summed E-state index contributed by atoms with van der Waals surface area (Å²) in [6.45, 7) is 4.99. The number of ether oxygens (including phenoxy) is 1. The number of benzene rings is 1. The van der Waals surface area contributed by atoms with Gasteiger partial charge in [0, 0.05) is 16.4 Å². The molecule has 5 nitrogen and oxygen atoms in total. The Morgan fingerprint density at radius 2 is 1.87 bits per heavy atom. The van der Waals surface area contributed by atoms with Gasteiger partial charge in [-0.1, -0.05) is 18.2 Å². The predicted octanol–water partition coefficient (Wildman–Crippen LogP) is 5.40. The molecular weight excluding hydrogens is 485 g/mol. The molecule has 164 valence electrons. The van der Waals surface area contributed by atoms with E-state index in [1.807, 2.05) is 0 Å². The summed E-state index contributed by atoms with van der Waals surface area (Å²) in [5.41, 5.74) is -1.48. The third-order valence-electron chi connectivity index (χ3n) is 3.81. The van der Waals surface area contributed by atoms with Crippen LogP contribution in [0.2, 0.25) is 0 Å². The van der Waals surface area contributed by atoms with Crippen LogP contribution in [0.15, 0.2) is 40.2 Å². The molecule has 30 heavy (non-hydrogen) atoms. The Morgan fingerprint density at radius 3 is 2.43 bits per heavy atom. The largest absolute Gasteiger partial charge is 0.444 e. The lowest BCUT2D eigenvalue weighted by molar-refractivity contribution is -0.138. The van der Waals surface area contributed by atoms with Crippen molar-refractivity contribution in [1.29, 1.82) is 0 Å². The lowest BCUT2D eigenvalue weighted by atomic mass is 9.99. The fourth-order valence-electron chi connectivity index (χ4n) is 2.62.